The summed E-state index contributed by atoms with van der Waals surface area (Å²) in [6, 6.07) is 10.2. The number of nitrogens with one attached hydrogen (secondary N) is 2. The van der Waals surface area contributed by atoms with Gasteiger partial charge in [0.15, 0.2) is 0 Å². The Bertz CT molecular complexity index is 1190. The molecule has 1 saturated carbocycles. The van der Waals surface area contributed by atoms with Crippen molar-refractivity contribution in [1.82, 2.24) is 20.6 Å². The van der Waals surface area contributed by atoms with Gasteiger partial charge >= 0.3 is 6.18 Å². The van der Waals surface area contributed by atoms with Crippen LogP contribution >= 0.6 is 0 Å². The van der Waals surface area contributed by atoms with E-state index < -0.39 is 23.2 Å². The highest BCUT2D eigenvalue weighted by Crippen LogP contribution is 2.39. The summed E-state index contributed by atoms with van der Waals surface area (Å²) >= 11 is 0. The second kappa shape index (κ2) is 9.12. The third-order valence-corrected chi connectivity index (χ3v) is 5.40. The van der Waals surface area contributed by atoms with E-state index in [2.05, 4.69) is 20.6 Å². The zero-order valence-electron chi connectivity index (χ0n) is 18.1. The van der Waals surface area contributed by atoms with Crippen molar-refractivity contribution in [2.75, 3.05) is 0 Å². The van der Waals surface area contributed by atoms with Crippen LogP contribution in [0.1, 0.15) is 39.9 Å². The number of carbonyl (C=O) groups is 2. The minimum absolute atomic E-state index is 0.184. The molecule has 0 unspecified atom stereocenters. The summed E-state index contributed by atoms with van der Waals surface area (Å²) in [4.78, 5) is 32.5. The van der Waals surface area contributed by atoms with Crippen molar-refractivity contribution in [3.05, 3.63) is 83.4 Å². The van der Waals surface area contributed by atoms with Gasteiger partial charge in [0.05, 0.1) is 11.1 Å². The van der Waals surface area contributed by atoms with Crippen molar-refractivity contribution < 1.29 is 27.5 Å². The van der Waals surface area contributed by atoms with Crippen LogP contribution in [-0.2, 0) is 17.5 Å². The maximum Gasteiger partial charge on any atom is 0.419 e. The molecule has 1 heterocycles. The monoisotopic (exact) mass is 470 g/mol. The maximum absolute atomic E-state index is 13.3. The Labute approximate surface area is 193 Å². The van der Waals surface area contributed by atoms with Crippen molar-refractivity contribution in [3.8, 4) is 11.5 Å². The van der Waals surface area contributed by atoms with E-state index in [0.29, 0.717) is 18.4 Å². The molecule has 10 heteroatoms. The molecule has 3 aromatic rings. The molecule has 176 valence electrons. The van der Waals surface area contributed by atoms with Gasteiger partial charge in [-0.1, -0.05) is 23.8 Å². The predicted octanol–water partition coefficient (Wildman–Crippen LogP) is 4.17. The van der Waals surface area contributed by atoms with Crippen LogP contribution in [0.25, 0.3) is 0 Å². The molecule has 0 aliphatic heterocycles. The van der Waals surface area contributed by atoms with Gasteiger partial charge in [0.1, 0.15) is 23.4 Å². The molecule has 0 bridgehead atoms. The molecule has 0 radical (unpaired) electrons. The number of halogens is 3. The van der Waals surface area contributed by atoms with Crippen LogP contribution in [0, 0.1) is 6.92 Å². The molecule has 1 aromatic heterocycles. The van der Waals surface area contributed by atoms with Gasteiger partial charge in [0, 0.05) is 18.9 Å². The Morgan fingerprint density at radius 3 is 2.35 bits per heavy atom. The number of ether oxygens (including phenoxy) is 1. The smallest absolute Gasteiger partial charge is 0.419 e. The van der Waals surface area contributed by atoms with E-state index in [0.717, 1.165) is 11.6 Å². The van der Waals surface area contributed by atoms with E-state index in [1.807, 2.05) is 0 Å². The number of amides is 2. The fourth-order valence-corrected chi connectivity index (χ4v) is 3.35. The van der Waals surface area contributed by atoms with Crippen LogP contribution in [0.3, 0.4) is 0 Å². The molecular formula is C24H21F3N4O3. The first kappa shape index (κ1) is 23.2. The van der Waals surface area contributed by atoms with Crippen LogP contribution in [0.4, 0.5) is 13.2 Å². The van der Waals surface area contributed by atoms with Crippen LogP contribution in [0.2, 0.25) is 0 Å². The molecule has 1 aliphatic carbocycles. The molecule has 1 fully saturated rings. The summed E-state index contributed by atoms with van der Waals surface area (Å²) in [6.45, 7) is 1.76. The third kappa shape index (κ3) is 5.33. The van der Waals surface area contributed by atoms with Gasteiger partial charge in [-0.2, -0.15) is 13.2 Å². The number of carbonyl (C=O) groups excluding carboxylic acids is 2. The van der Waals surface area contributed by atoms with E-state index in [1.165, 1.54) is 36.9 Å². The first-order valence-electron chi connectivity index (χ1n) is 10.5. The van der Waals surface area contributed by atoms with Gasteiger partial charge in [-0.05, 0) is 49.6 Å². The Kier molecular flexibility index (Phi) is 6.23. The highest BCUT2D eigenvalue weighted by atomic mass is 19.4. The molecule has 1 aliphatic rings. The number of hydrogen-bond donors (Lipinski definition) is 2. The van der Waals surface area contributed by atoms with E-state index in [9.17, 15) is 22.8 Å². The number of nitrogens with zero attached hydrogens (tertiary/aromatic N) is 2. The summed E-state index contributed by atoms with van der Waals surface area (Å²) in [5, 5.41) is 5.52. The van der Waals surface area contributed by atoms with E-state index in [1.54, 1.807) is 25.1 Å². The second-order valence-corrected chi connectivity index (χ2v) is 8.09. The van der Waals surface area contributed by atoms with Crippen molar-refractivity contribution in [2.45, 2.75) is 38.0 Å². The minimum atomic E-state index is -4.53. The van der Waals surface area contributed by atoms with Gasteiger partial charge in [0.25, 0.3) is 5.91 Å². The lowest BCUT2D eigenvalue weighted by molar-refractivity contribution is -0.138. The summed E-state index contributed by atoms with van der Waals surface area (Å²) in [5.74, 6) is -0.786. The Balaban J connectivity index is 1.35. The highest BCUT2D eigenvalue weighted by Gasteiger charge is 2.51. The number of benzene rings is 2. The Morgan fingerprint density at radius 2 is 1.74 bits per heavy atom. The fraction of sp³-hybridized carbons (Fsp3) is 0.250. The van der Waals surface area contributed by atoms with Gasteiger partial charge in [0.2, 0.25) is 5.91 Å². The predicted molar refractivity (Wildman–Crippen MR) is 116 cm³/mol. The number of alkyl halides is 3. The van der Waals surface area contributed by atoms with Gasteiger partial charge in [-0.3, -0.25) is 9.59 Å². The lowest BCUT2D eigenvalue weighted by Crippen LogP contribution is -2.48. The average molecular weight is 470 g/mol. The normalized spacial score (nSPS) is 14.2. The summed E-state index contributed by atoms with van der Waals surface area (Å²) in [6.07, 6.45) is 0.546. The first-order chi connectivity index (χ1) is 16.2. The number of rotatable bonds is 7. The molecule has 2 N–H and O–H groups in total. The fourth-order valence-electron chi connectivity index (χ4n) is 3.35. The van der Waals surface area contributed by atoms with Crippen LogP contribution < -0.4 is 15.4 Å². The number of aryl methyl sites for hydroxylation is 1. The zero-order valence-corrected chi connectivity index (χ0v) is 18.1. The van der Waals surface area contributed by atoms with Gasteiger partial charge < -0.3 is 15.4 Å². The standard InChI is InChI=1S/C24H21F3N4O3/c1-15-2-7-20(19(10-15)24(25,26)27)34-18-5-3-16(4-6-18)11-30-22(33)23(8-9-23)31-21(32)17-12-28-14-29-13-17/h2-7,10,12-14H,8-9,11H2,1H3,(H,30,33)(H,31,32). The molecule has 0 atom stereocenters. The first-order valence-corrected chi connectivity index (χ1v) is 10.5. The summed E-state index contributed by atoms with van der Waals surface area (Å²) in [7, 11) is 0. The molecule has 2 aromatic carbocycles. The third-order valence-electron chi connectivity index (χ3n) is 5.40. The van der Waals surface area contributed by atoms with E-state index in [-0.39, 0.29) is 29.5 Å². The van der Waals surface area contributed by atoms with Crippen LogP contribution in [0.5, 0.6) is 11.5 Å². The molecule has 0 spiro atoms. The Hall–Kier alpha value is -3.95. The topological polar surface area (TPSA) is 93.2 Å². The summed E-state index contributed by atoms with van der Waals surface area (Å²) in [5.41, 5.74) is -0.344. The van der Waals surface area contributed by atoms with Crippen LogP contribution in [0.15, 0.2) is 61.2 Å². The van der Waals surface area contributed by atoms with Gasteiger partial charge in [-0.15, -0.1) is 0 Å². The van der Waals surface area contributed by atoms with Gasteiger partial charge in [-0.25, -0.2) is 9.97 Å². The highest BCUT2D eigenvalue weighted by molar-refractivity contribution is 6.00. The van der Waals surface area contributed by atoms with Crippen LogP contribution in [-0.4, -0.2) is 27.3 Å². The zero-order chi connectivity index (χ0) is 24.3. The second-order valence-electron chi connectivity index (χ2n) is 8.09. The largest absolute Gasteiger partial charge is 0.457 e. The summed E-state index contributed by atoms with van der Waals surface area (Å²) < 4.78 is 45.3. The average Bonchev–Trinajstić information content (AvgIpc) is 3.60. The van der Waals surface area contributed by atoms with Crippen molar-refractivity contribution in [1.29, 1.82) is 0 Å². The lowest BCUT2D eigenvalue weighted by atomic mass is 10.1. The van der Waals surface area contributed by atoms with E-state index >= 15 is 0 Å². The number of hydrogen-bond acceptors (Lipinski definition) is 5. The molecule has 34 heavy (non-hydrogen) atoms. The SMILES string of the molecule is Cc1ccc(Oc2ccc(CNC(=O)C3(NC(=O)c4cncnc4)CC3)cc2)c(C(F)(F)F)c1. The van der Waals surface area contributed by atoms with Crippen molar-refractivity contribution in [2.24, 2.45) is 0 Å². The molecular weight excluding hydrogens is 449 g/mol. The van der Waals surface area contributed by atoms with E-state index in [4.69, 9.17) is 4.74 Å². The molecule has 7 nitrogen and oxygen atoms in total. The molecule has 0 saturated heterocycles. The minimum Gasteiger partial charge on any atom is -0.457 e. The van der Waals surface area contributed by atoms with Crippen molar-refractivity contribution >= 4 is 11.8 Å². The van der Waals surface area contributed by atoms with Crippen molar-refractivity contribution in [3.63, 3.8) is 0 Å². The molecule has 4 rings (SSSR count). The maximum atomic E-state index is 13.3. The molecule has 2 amide bonds. The Morgan fingerprint density at radius 1 is 1.06 bits per heavy atom. The lowest BCUT2D eigenvalue weighted by Gasteiger charge is -2.17. The number of aromatic nitrogens is 2. The quantitative estimate of drug-likeness (QED) is 0.541.